The van der Waals surface area contributed by atoms with Gasteiger partial charge in [-0.2, -0.15) is 13.2 Å². The summed E-state index contributed by atoms with van der Waals surface area (Å²) in [6.45, 7) is 0. The standard InChI is InChI=1S/C14H17F3O/c15-14(16,17)12-8-4-3-7-11(12)13(18)9-5-1-2-6-10-13/h3-4,7-8,18H,1-2,5-6,9-10H2. The minimum Gasteiger partial charge on any atom is -0.385 e. The lowest BCUT2D eigenvalue weighted by Crippen LogP contribution is -2.28. The molecule has 1 aliphatic carbocycles. The van der Waals surface area contributed by atoms with Gasteiger partial charge in [-0.3, -0.25) is 0 Å². The van der Waals surface area contributed by atoms with Gasteiger partial charge in [-0.25, -0.2) is 0 Å². The molecule has 4 heteroatoms. The van der Waals surface area contributed by atoms with Crippen LogP contribution in [0.15, 0.2) is 24.3 Å². The molecule has 0 atom stereocenters. The van der Waals surface area contributed by atoms with Crippen LogP contribution in [0.4, 0.5) is 13.2 Å². The molecule has 0 bridgehead atoms. The van der Waals surface area contributed by atoms with Crippen LogP contribution in [0.2, 0.25) is 0 Å². The summed E-state index contributed by atoms with van der Waals surface area (Å²) < 4.78 is 38.9. The molecule has 1 aliphatic rings. The van der Waals surface area contributed by atoms with Gasteiger partial charge in [0.05, 0.1) is 11.2 Å². The third kappa shape index (κ3) is 2.69. The van der Waals surface area contributed by atoms with Crippen molar-refractivity contribution in [3.63, 3.8) is 0 Å². The van der Waals surface area contributed by atoms with Gasteiger partial charge < -0.3 is 5.11 Å². The molecule has 0 amide bonds. The molecule has 2 rings (SSSR count). The van der Waals surface area contributed by atoms with Crippen molar-refractivity contribution >= 4 is 0 Å². The largest absolute Gasteiger partial charge is 0.416 e. The second-order valence-electron chi connectivity index (χ2n) is 4.99. The van der Waals surface area contributed by atoms with Gasteiger partial charge in [0.2, 0.25) is 0 Å². The van der Waals surface area contributed by atoms with Crippen molar-refractivity contribution in [2.24, 2.45) is 0 Å². The fraction of sp³-hybridized carbons (Fsp3) is 0.571. The van der Waals surface area contributed by atoms with E-state index in [1.807, 2.05) is 0 Å². The SMILES string of the molecule is OC1(c2ccccc2C(F)(F)F)CCCCCC1. The van der Waals surface area contributed by atoms with E-state index in [-0.39, 0.29) is 5.56 Å². The fourth-order valence-electron chi connectivity index (χ4n) is 2.72. The molecular formula is C14H17F3O. The molecule has 1 nitrogen and oxygen atoms in total. The predicted molar refractivity (Wildman–Crippen MR) is 63.0 cm³/mol. The van der Waals surface area contributed by atoms with E-state index in [0.717, 1.165) is 31.7 Å². The topological polar surface area (TPSA) is 20.2 Å². The molecule has 1 aromatic rings. The molecule has 0 unspecified atom stereocenters. The van der Waals surface area contributed by atoms with E-state index in [1.54, 1.807) is 6.07 Å². The zero-order valence-corrected chi connectivity index (χ0v) is 10.1. The Labute approximate surface area is 105 Å². The predicted octanol–water partition coefficient (Wildman–Crippen LogP) is 4.25. The molecule has 100 valence electrons. The highest BCUT2D eigenvalue weighted by molar-refractivity contribution is 5.34. The van der Waals surface area contributed by atoms with E-state index in [4.69, 9.17) is 0 Å². The van der Waals surface area contributed by atoms with Gasteiger partial charge in [0.1, 0.15) is 0 Å². The number of rotatable bonds is 1. The smallest absolute Gasteiger partial charge is 0.385 e. The first-order chi connectivity index (χ1) is 8.43. The Morgan fingerprint density at radius 3 is 2.06 bits per heavy atom. The average Bonchev–Trinajstić information content (AvgIpc) is 2.54. The van der Waals surface area contributed by atoms with Gasteiger partial charge in [0.25, 0.3) is 0 Å². The minimum absolute atomic E-state index is 0.0411. The highest BCUT2D eigenvalue weighted by Gasteiger charge is 2.40. The summed E-state index contributed by atoms with van der Waals surface area (Å²) in [7, 11) is 0. The summed E-state index contributed by atoms with van der Waals surface area (Å²) in [4.78, 5) is 0. The van der Waals surface area contributed by atoms with Crippen molar-refractivity contribution in [3.8, 4) is 0 Å². The average molecular weight is 258 g/mol. The second kappa shape index (κ2) is 4.92. The van der Waals surface area contributed by atoms with Crippen LogP contribution in [0.25, 0.3) is 0 Å². The quantitative estimate of drug-likeness (QED) is 0.747. The van der Waals surface area contributed by atoms with Gasteiger partial charge in [-0.1, -0.05) is 43.9 Å². The molecule has 18 heavy (non-hydrogen) atoms. The molecule has 1 aromatic carbocycles. The normalized spacial score (nSPS) is 20.4. The van der Waals surface area contributed by atoms with Crippen LogP contribution in [-0.2, 0) is 11.8 Å². The van der Waals surface area contributed by atoms with Gasteiger partial charge in [-0.05, 0) is 24.5 Å². The van der Waals surface area contributed by atoms with E-state index < -0.39 is 17.3 Å². The third-order valence-corrected chi connectivity index (χ3v) is 3.66. The van der Waals surface area contributed by atoms with E-state index in [1.165, 1.54) is 12.1 Å². The maximum Gasteiger partial charge on any atom is 0.416 e. The Hall–Kier alpha value is -1.03. The maximum absolute atomic E-state index is 13.0. The van der Waals surface area contributed by atoms with Crippen LogP contribution in [0.3, 0.4) is 0 Å². The lowest BCUT2D eigenvalue weighted by molar-refractivity contribution is -0.141. The maximum atomic E-state index is 13.0. The van der Waals surface area contributed by atoms with Crippen molar-refractivity contribution in [3.05, 3.63) is 35.4 Å². The number of hydrogen-bond donors (Lipinski definition) is 1. The Morgan fingerprint density at radius 1 is 0.944 bits per heavy atom. The number of aliphatic hydroxyl groups is 1. The van der Waals surface area contributed by atoms with Gasteiger partial charge >= 0.3 is 6.18 Å². The van der Waals surface area contributed by atoms with Crippen molar-refractivity contribution in [1.29, 1.82) is 0 Å². The molecule has 0 radical (unpaired) electrons. The molecule has 0 aromatic heterocycles. The van der Waals surface area contributed by atoms with Crippen LogP contribution in [0, 0.1) is 0 Å². The third-order valence-electron chi connectivity index (χ3n) is 3.66. The molecule has 1 fully saturated rings. The van der Waals surface area contributed by atoms with Crippen LogP contribution >= 0.6 is 0 Å². The van der Waals surface area contributed by atoms with Crippen LogP contribution < -0.4 is 0 Å². The van der Waals surface area contributed by atoms with Gasteiger partial charge in [-0.15, -0.1) is 0 Å². The Kier molecular flexibility index (Phi) is 3.66. The second-order valence-corrected chi connectivity index (χ2v) is 4.99. The summed E-state index contributed by atoms with van der Waals surface area (Å²) in [6, 6.07) is 5.39. The number of alkyl halides is 3. The van der Waals surface area contributed by atoms with Gasteiger partial charge in [0, 0.05) is 0 Å². The van der Waals surface area contributed by atoms with E-state index in [9.17, 15) is 18.3 Å². The van der Waals surface area contributed by atoms with Gasteiger partial charge in [0.15, 0.2) is 0 Å². The Morgan fingerprint density at radius 2 is 1.50 bits per heavy atom. The number of hydrogen-bond acceptors (Lipinski definition) is 1. The molecule has 1 N–H and O–H groups in total. The minimum atomic E-state index is -4.40. The zero-order valence-electron chi connectivity index (χ0n) is 10.1. The molecule has 1 saturated carbocycles. The Balaban J connectivity index is 2.43. The first-order valence-electron chi connectivity index (χ1n) is 6.33. The van der Waals surface area contributed by atoms with E-state index in [0.29, 0.717) is 12.8 Å². The molecule has 0 heterocycles. The summed E-state index contributed by atoms with van der Waals surface area (Å²) in [5, 5.41) is 10.6. The monoisotopic (exact) mass is 258 g/mol. The number of benzene rings is 1. The van der Waals surface area contributed by atoms with E-state index >= 15 is 0 Å². The van der Waals surface area contributed by atoms with E-state index in [2.05, 4.69) is 0 Å². The number of halogens is 3. The van der Waals surface area contributed by atoms with Crippen molar-refractivity contribution in [2.75, 3.05) is 0 Å². The molecule has 0 aliphatic heterocycles. The summed E-state index contributed by atoms with van der Waals surface area (Å²) in [5.41, 5.74) is -1.98. The zero-order chi connectivity index (χ0) is 13.2. The first kappa shape index (κ1) is 13.4. The lowest BCUT2D eigenvalue weighted by Gasteiger charge is -2.30. The highest BCUT2D eigenvalue weighted by Crippen LogP contribution is 2.42. The summed E-state index contributed by atoms with van der Waals surface area (Å²) in [5.74, 6) is 0. The van der Waals surface area contributed by atoms with Crippen LogP contribution in [0.1, 0.15) is 49.7 Å². The Bertz CT molecular complexity index is 404. The van der Waals surface area contributed by atoms with Crippen molar-refractivity contribution in [1.82, 2.24) is 0 Å². The fourth-order valence-corrected chi connectivity index (χ4v) is 2.72. The summed E-state index contributed by atoms with van der Waals surface area (Å²) >= 11 is 0. The molecule has 0 saturated heterocycles. The summed E-state index contributed by atoms with van der Waals surface area (Å²) in [6.07, 6.45) is -0.0445. The molecule has 0 spiro atoms. The first-order valence-corrected chi connectivity index (χ1v) is 6.33. The van der Waals surface area contributed by atoms with Crippen LogP contribution in [-0.4, -0.2) is 5.11 Å². The molecular weight excluding hydrogens is 241 g/mol. The lowest BCUT2D eigenvalue weighted by atomic mass is 9.83. The van der Waals surface area contributed by atoms with Crippen molar-refractivity contribution in [2.45, 2.75) is 50.3 Å². The van der Waals surface area contributed by atoms with Crippen LogP contribution in [0.5, 0.6) is 0 Å². The highest BCUT2D eigenvalue weighted by atomic mass is 19.4. The van der Waals surface area contributed by atoms with Crippen molar-refractivity contribution < 1.29 is 18.3 Å².